The monoisotopic (exact) mass is 730 g/mol. The minimum Gasteiger partial charge on any atom is -0.512 e. The molecule has 0 fully saturated rings. The Morgan fingerprint density at radius 3 is 2.22 bits per heavy atom. The van der Waals surface area contributed by atoms with E-state index in [-0.39, 0.29) is 48.9 Å². The largest absolute Gasteiger partial charge is 0.512 e. The zero-order chi connectivity index (χ0) is 29.2. The molecule has 221 valence electrons. The van der Waals surface area contributed by atoms with Crippen molar-refractivity contribution in [1.29, 1.82) is 0 Å². The van der Waals surface area contributed by atoms with Gasteiger partial charge >= 0.3 is 0 Å². The number of ketones is 1. The number of aryl methyl sites for hydroxylation is 1. The number of benzene rings is 2. The summed E-state index contributed by atoms with van der Waals surface area (Å²) in [4.78, 5) is 16.4. The third kappa shape index (κ3) is 6.84. The van der Waals surface area contributed by atoms with Crippen LogP contribution in [0.15, 0.2) is 54.4 Å². The number of hydrogen-bond donors (Lipinski definition) is 1. The average Bonchev–Trinajstić information content (AvgIpc) is 3.25. The van der Waals surface area contributed by atoms with Crippen molar-refractivity contribution in [3.05, 3.63) is 71.8 Å². The molecule has 0 bridgehead atoms. The fourth-order valence-corrected chi connectivity index (χ4v) is 5.98. The summed E-state index contributed by atoms with van der Waals surface area (Å²) in [6, 6.07) is 13.4. The third-order valence-electron chi connectivity index (χ3n) is 8.16. The van der Waals surface area contributed by atoms with E-state index in [4.69, 9.17) is 4.98 Å². The van der Waals surface area contributed by atoms with Crippen molar-refractivity contribution < 1.29 is 30.0 Å². The summed E-state index contributed by atoms with van der Waals surface area (Å²) < 4.78 is 2.15. The van der Waals surface area contributed by atoms with Gasteiger partial charge in [-0.05, 0) is 70.7 Å². The molecular weight excluding hydrogens is 685 g/mol. The van der Waals surface area contributed by atoms with Crippen molar-refractivity contribution in [2.75, 3.05) is 0 Å². The van der Waals surface area contributed by atoms with Crippen molar-refractivity contribution in [2.24, 2.45) is 17.3 Å². The summed E-state index contributed by atoms with van der Waals surface area (Å²) in [6.45, 7) is 17.1. The normalized spacial score (nSPS) is 12.5. The summed E-state index contributed by atoms with van der Waals surface area (Å²) in [5, 5.41) is 16.1. The van der Waals surface area contributed by atoms with E-state index in [9.17, 15) is 9.90 Å². The Labute approximate surface area is 258 Å². The van der Waals surface area contributed by atoms with Crippen LogP contribution in [0.1, 0.15) is 85.3 Å². The number of aliphatic hydroxyl groups excluding tert-OH is 1. The molecule has 0 saturated carbocycles. The molecule has 3 aromatic heterocycles. The summed E-state index contributed by atoms with van der Waals surface area (Å²) in [6.07, 6.45) is 11.4. The van der Waals surface area contributed by atoms with Gasteiger partial charge in [0.2, 0.25) is 0 Å². The number of pyridine rings is 2. The molecule has 1 radical (unpaired) electrons. The Bertz CT molecular complexity index is 1650. The van der Waals surface area contributed by atoms with Gasteiger partial charge in [0.15, 0.2) is 5.78 Å². The van der Waals surface area contributed by atoms with Gasteiger partial charge < -0.3 is 9.51 Å². The first-order chi connectivity index (χ1) is 19.0. The molecule has 0 aliphatic rings. The predicted molar refractivity (Wildman–Crippen MR) is 169 cm³/mol. The summed E-state index contributed by atoms with van der Waals surface area (Å²) in [5.41, 5.74) is 5.08. The molecule has 0 aliphatic heterocycles. The fraction of sp³-hybridized carbons (Fsp3) is 0.444. The van der Waals surface area contributed by atoms with E-state index in [0.29, 0.717) is 0 Å². The number of rotatable bonds is 8. The van der Waals surface area contributed by atoms with E-state index in [1.165, 1.54) is 49.7 Å². The zero-order valence-electron chi connectivity index (χ0n) is 25.9. The Morgan fingerprint density at radius 1 is 0.976 bits per heavy atom. The first kappa shape index (κ1) is 32.8. The summed E-state index contributed by atoms with van der Waals surface area (Å²) >= 11 is 0. The topological polar surface area (TPSA) is 54.6 Å². The van der Waals surface area contributed by atoms with Crippen molar-refractivity contribution in [2.45, 2.75) is 87.5 Å². The minimum absolute atomic E-state index is 0. The van der Waals surface area contributed by atoms with Gasteiger partial charge in [-0.25, -0.2) is 0 Å². The molecule has 5 heteroatoms. The number of fused-ring (bicyclic) bond motifs is 2. The molecule has 0 amide bonds. The van der Waals surface area contributed by atoms with Crippen LogP contribution in [0.3, 0.4) is 0 Å². The Morgan fingerprint density at radius 2 is 1.61 bits per heavy atom. The quantitative estimate of drug-likeness (QED) is 0.0569. The van der Waals surface area contributed by atoms with Crippen LogP contribution >= 0.6 is 0 Å². The van der Waals surface area contributed by atoms with Crippen LogP contribution in [-0.2, 0) is 31.3 Å². The Kier molecular flexibility index (Phi) is 10.8. The Balaban J connectivity index is 0.000000253. The number of carbonyl (C=O) groups excluding carboxylic acids is 1. The van der Waals surface area contributed by atoms with Gasteiger partial charge in [0.05, 0.1) is 11.4 Å². The molecule has 0 saturated heterocycles. The molecule has 0 aliphatic carbocycles. The fourth-order valence-electron chi connectivity index (χ4n) is 5.98. The van der Waals surface area contributed by atoms with Gasteiger partial charge in [-0.1, -0.05) is 91.4 Å². The predicted octanol–water partition coefficient (Wildman–Crippen LogP) is 9.80. The van der Waals surface area contributed by atoms with Crippen LogP contribution in [0.2, 0.25) is 0 Å². The maximum absolute atomic E-state index is 11.7. The molecule has 4 nitrogen and oxygen atoms in total. The molecule has 5 rings (SSSR count). The van der Waals surface area contributed by atoms with Crippen LogP contribution < -0.4 is 0 Å². The first-order valence-electron chi connectivity index (χ1n) is 14.9. The van der Waals surface area contributed by atoms with Gasteiger partial charge in [-0.15, -0.1) is 17.0 Å². The van der Waals surface area contributed by atoms with Gasteiger partial charge in [-0.3, -0.25) is 9.78 Å². The second-order valence-electron chi connectivity index (χ2n) is 12.4. The molecule has 1 N–H and O–H groups in total. The minimum atomic E-state index is 0. The molecule has 0 spiro atoms. The number of nitrogens with zero attached hydrogens (tertiary/aromatic N) is 2. The van der Waals surface area contributed by atoms with Crippen LogP contribution in [0, 0.1) is 30.4 Å². The smallest absolute Gasteiger partial charge is 0.162 e. The third-order valence-corrected chi connectivity index (χ3v) is 8.16. The second-order valence-corrected chi connectivity index (χ2v) is 12.4. The van der Waals surface area contributed by atoms with E-state index in [1.54, 1.807) is 0 Å². The maximum Gasteiger partial charge on any atom is 0.162 e. The van der Waals surface area contributed by atoms with Gasteiger partial charge in [0, 0.05) is 44.2 Å². The number of aromatic nitrogens is 2. The van der Waals surface area contributed by atoms with Crippen molar-refractivity contribution in [3.63, 3.8) is 0 Å². The van der Waals surface area contributed by atoms with Gasteiger partial charge in [-0.2, -0.15) is 0 Å². The first-order valence-corrected chi connectivity index (χ1v) is 14.9. The number of aliphatic hydroxyl groups is 1. The van der Waals surface area contributed by atoms with E-state index in [1.807, 2.05) is 33.9 Å². The molecule has 5 aromatic rings. The number of hydrogen-bond acceptors (Lipinski definition) is 3. The van der Waals surface area contributed by atoms with Crippen molar-refractivity contribution in [1.82, 2.24) is 9.38 Å². The van der Waals surface area contributed by atoms with Crippen LogP contribution in [-0.4, -0.2) is 20.3 Å². The summed E-state index contributed by atoms with van der Waals surface area (Å²) in [5.74, 6) is 0.547. The molecule has 0 atom stereocenters. The second kappa shape index (κ2) is 13.5. The summed E-state index contributed by atoms with van der Waals surface area (Å²) in [7, 11) is 0. The molecule has 2 aromatic carbocycles. The molecule has 0 unspecified atom stereocenters. The maximum atomic E-state index is 11.7. The average molecular weight is 730 g/mol. The van der Waals surface area contributed by atoms with Gasteiger partial charge in [0.25, 0.3) is 0 Å². The number of carbonyl (C=O) groups is 1. The van der Waals surface area contributed by atoms with Crippen LogP contribution in [0.4, 0.5) is 0 Å². The Hall–Kier alpha value is -2.75. The van der Waals surface area contributed by atoms with E-state index >= 15 is 0 Å². The van der Waals surface area contributed by atoms with E-state index in [0.717, 1.165) is 37.8 Å². The van der Waals surface area contributed by atoms with Gasteiger partial charge in [0.1, 0.15) is 0 Å². The van der Waals surface area contributed by atoms with E-state index in [2.05, 4.69) is 74.7 Å². The standard InChI is InChI=1S/C23H21N2.C13H24O2.Ir/c1-14-13-25-21-17(14)6-5-7-18(21)19-11-15(12-23(2,3)4)10-16-8-9-24-22(25)20(16)19;1-5-10(6-2)12(14)9-13(15)11(7-3)8-4;/h5-11H,12H2,1-4H3;9-11,14H,5-8H2,1-4H3;/q-1;;/b;12-9-;. The van der Waals surface area contributed by atoms with Crippen molar-refractivity contribution >= 4 is 43.9 Å². The number of para-hydroxylation sites is 1. The number of allylic oxidation sites excluding steroid dienone is 2. The van der Waals surface area contributed by atoms with E-state index < -0.39 is 0 Å². The molecular formula is C36H45IrN2O2-. The van der Waals surface area contributed by atoms with Crippen LogP contribution in [0.25, 0.3) is 38.1 Å². The van der Waals surface area contributed by atoms with Crippen LogP contribution in [0.5, 0.6) is 0 Å². The molecule has 41 heavy (non-hydrogen) atoms. The van der Waals surface area contributed by atoms with Crippen molar-refractivity contribution in [3.8, 4) is 0 Å². The SMILES string of the molecule is CCC(CC)C(=O)/C=C(\O)C(CC)CC.Cc1[c-]n2c3nccc4cc(CC(C)(C)C)cc(c5cccc1c52)c43.[Ir]. The molecule has 3 heterocycles. The zero-order valence-corrected chi connectivity index (χ0v) is 28.3.